The van der Waals surface area contributed by atoms with Crippen molar-refractivity contribution >= 4 is 11.9 Å². The molecule has 0 spiro atoms. The second kappa shape index (κ2) is 5.89. The normalized spacial score (nSPS) is 9.88. The molecule has 1 rings (SSSR count). The molecule has 0 saturated carbocycles. The lowest BCUT2D eigenvalue weighted by Crippen LogP contribution is -2.16. The number of hydrogen-bond donors (Lipinski definition) is 2. The summed E-state index contributed by atoms with van der Waals surface area (Å²) in [4.78, 5) is 28.7. The van der Waals surface area contributed by atoms with Crippen LogP contribution >= 0.6 is 0 Å². The summed E-state index contributed by atoms with van der Waals surface area (Å²) in [5.74, 6) is 0.0966. The lowest BCUT2D eigenvalue weighted by molar-refractivity contribution is -0.142. The number of anilines is 1. The molecule has 0 aliphatic rings. The van der Waals surface area contributed by atoms with Gasteiger partial charge in [-0.25, -0.2) is 4.98 Å². The summed E-state index contributed by atoms with van der Waals surface area (Å²) < 4.78 is 4.76. The molecule has 6 nitrogen and oxygen atoms in total. The Kier molecular flexibility index (Phi) is 4.50. The fourth-order valence-electron chi connectivity index (χ4n) is 1.18. The van der Waals surface area contributed by atoms with Crippen molar-refractivity contribution in [3.63, 3.8) is 0 Å². The molecule has 0 amide bonds. The fraction of sp³-hybridized carbons (Fsp3) is 0.500. The van der Waals surface area contributed by atoms with Gasteiger partial charge in [0.25, 0.3) is 5.56 Å². The molecule has 1 aromatic rings. The molecule has 0 aliphatic heterocycles. The van der Waals surface area contributed by atoms with Gasteiger partial charge in [-0.2, -0.15) is 0 Å². The molecule has 0 unspecified atom stereocenters. The molecule has 0 bridgehead atoms. The average Bonchev–Trinajstić information content (AvgIpc) is 2.16. The molecule has 0 aliphatic carbocycles. The summed E-state index contributed by atoms with van der Waals surface area (Å²) in [5.41, 5.74) is 0.411. The Morgan fingerprint density at radius 1 is 1.62 bits per heavy atom. The molecule has 1 aromatic heterocycles. The van der Waals surface area contributed by atoms with Crippen LogP contribution in [0, 0.1) is 6.92 Å². The van der Waals surface area contributed by atoms with E-state index in [1.54, 1.807) is 13.8 Å². The molecule has 0 radical (unpaired) electrons. The van der Waals surface area contributed by atoms with E-state index in [9.17, 15) is 9.59 Å². The number of nitrogens with zero attached hydrogens (tertiary/aromatic N) is 1. The van der Waals surface area contributed by atoms with Gasteiger partial charge in [-0.15, -0.1) is 0 Å². The summed E-state index contributed by atoms with van der Waals surface area (Å²) in [6.07, 6.45) is 0.242. The zero-order valence-corrected chi connectivity index (χ0v) is 9.37. The number of ether oxygens (including phenoxy) is 1. The van der Waals surface area contributed by atoms with Crippen LogP contribution in [0.3, 0.4) is 0 Å². The number of nitrogens with one attached hydrogen (secondary N) is 2. The minimum Gasteiger partial charge on any atom is -0.466 e. The number of hydrogen-bond acceptors (Lipinski definition) is 5. The number of rotatable bonds is 5. The molecule has 88 valence electrons. The molecular formula is C10H15N3O3. The first kappa shape index (κ1) is 12.2. The van der Waals surface area contributed by atoms with Crippen molar-refractivity contribution in [1.82, 2.24) is 9.97 Å². The van der Waals surface area contributed by atoms with Crippen LogP contribution in [-0.2, 0) is 9.53 Å². The molecule has 6 heteroatoms. The van der Waals surface area contributed by atoms with E-state index in [0.29, 0.717) is 24.8 Å². The Morgan fingerprint density at radius 2 is 2.38 bits per heavy atom. The van der Waals surface area contributed by atoms with Gasteiger partial charge in [-0.1, -0.05) is 0 Å². The third-order valence-electron chi connectivity index (χ3n) is 1.80. The van der Waals surface area contributed by atoms with Crippen molar-refractivity contribution in [3.8, 4) is 0 Å². The summed E-state index contributed by atoms with van der Waals surface area (Å²) in [7, 11) is 0. The maximum Gasteiger partial charge on any atom is 0.307 e. The monoisotopic (exact) mass is 225 g/mol. The van der Waals surface area contributed by atoms with Crippen molar-refractivity contribution in [3.05, 3.63) is 22.1 Å². The largest absolute Gasteiger partial charge is 0.466 e. The topological polar surface area (TPSA) is 84.1 Å². The first-order chi connectivity index (χ1) is 7.61. The molecular weight excluding hydrogens is 210 g/mol. The predicted octanol–water partition coefficient (Wildman–Crippen LogP) is 0.443. The third kappa shape index (κ3) is 4.12. The van der Waals surface area contributed by atoms with E-state index in [2.05, 4.69) is 15.3 Å². The quantitative estimate of drug-likeness (QED) is 0.710. The van der Waals surface area contributed by atoms with Gasteiger partial charge >= 0.3 is 5.97 Å². The van der Waals surface area contributed by atoms with Gasteiger partial charge in [-0.3, -0.25) is 14.6 Å². The van der Waals surface area contributed by atoms with Gasteiger partial charge in [0.15, 0.2) is 0 Å². The Bertz CT molecular complexity index is 414. The summed E-state index contributed by atoms with van der Waals surface area (Å²) >= 11 is 0. The van der Waals surface area contributed by atoms with Crippen molar-refractivity contribution in [1.29, 1.82) is 0 Å². The van der Waals surface area contributed by atoms with Gasteiger partial charge < -0.3 is 10.1 Å². The molecule has 0 atom stereocenters. The van der Waals surface area contributed by atoms with Crippen LogP contribution in [0.4, 0.5) is 5.95 Å². The molecule has 2 N–H and O–H groups in total. The van der Waals surface area contributed by atoms with Crippen LogP contribution in [0.2, 0.25) is 0 Å². The Labute approximate surface area is 93.0 Å². The first-order valence-electron chi connectivity index (χ1n) is 5.09. The van der Waals surface area contributed by atoms with E-state index in [4.69, 9.17) is 4.74 Å². The number of carbonyl (C=O) groups excluding carboxylic acids is 1. The Balaban J connectivity index is 2.43. The van der Waals surface area contributed by atoms with Crippen molar-refractivity contribution in [2.45, 2.75) is 20.3 Å². The van der Waals surface area contributed by atoms with Crippen molar-refractivity contribution < 1.29 is 9.53 Å². The predicted molar refractivity (Wildman–Crippen MR) is 59.3 cm³/mol. The minimum absolute atomic E-state index is 0.217. The van der Waals surface area contributed by atoms with Gasteiger partial charge in [0.2, 0.25) is 5.95 Å². The lowest BCUT2D eigenvalue weighted by Gasteiger charge is -2.05. The van der Waals surface area contributed by atoms with E-state index < -0.39 is 0 Å². The highest BCUT2D eigenvalue weighted by Crippen LogP contribution is 1.96. The van der Waals surface area contributed by atoms with E-state index in [1.807, 2.05) is 0 Å². The maximum absolute atomic E-state index is 11.1. The average molecular weight is 225 g/mol. The van der Waals surface area contributed by atoms with Crippen LogP contribution in [0.5, 0.6) is 0 Å². The van der Waals surface area contributed by atoms with E-state index >= 15 is 0 Å². The number of aromatic nitrogens is 2. The zero-order valence-electron chi connectivity index (χ0n) is 9.37. The third-order valence-corrected chi connectivity index (χ3v) is 1.80. The number of carbonyl (C=O) groups is 1. The van der Waals surface area contributed by atoms with Crippen LogP contribution in [0.15, 0.2) is 10.9 Å². The SMILES string of the molecule is CCOC(=O)CCNc1nc(C)cc(=O)[nH]1. The fourth-order valence-corrected chi connectivity index (χ4v) is 1.18. The second-order valence-corrected chi connectivity index (χ2v) is 3.22. The second-order valence-electron chi connectivity index (χ2n) is 3.22. The standard InChI is InChI=1S/C10H15N3O3/c1-3-16-9(15)4-5-11-10-12-7(2)6-8(14)13-10/h6H,3-5H2,1-2H3,(H2,11,12,13,14). The first-order valence-corrected chi connectivity index (χ1v) is 5.09. The zero-order chi connectivity index (χ0) is 12.0. The minimum atomic E-state index is -0.273. The summed E-state index contributed by atoms with van der Waals surface area (Å²) in [6, 6.07) is 1.40. The molecule has 0 saturated heterocycles. The van der Waals surface area contributed by atoms with Crippen LogP contribution in [-0.4, -0.2) is 29.1 Å². The highest BCUT2D eigenvalue weighted by molar-refractivity contribution is 5.69. The molecule has 1 heterocycles. The molecule has 0 aromatic carbocycles. The van der Waals surface area contributed by atoms with Gasteiger partial charge in [0.1, 0.15) is 0 Å². The van der Waals surface area contributed by atoms with E-state index in [-0.39, 0.29) is 17.9 Å². The highest BCUT2D eigenvalue weighted by Gasteiger charge is 2.02. The maximum atomic E-state index is 11.1. The number of H-pyrrole nitrogens is 1. The highest BCUT2D eigenvalue weighted by atomic mass is 16.5. The number of esters is 1. The van der Waals surface area contributed by atoms with Crippen LogP contribution in [0.25, 0.3) is 0 Å². The summed E-state index contributed by atoms with van der Waals surface area (Å²) in [5, 5.41) is 2.85. The van der Waals surface area contributed by atoms with Crippen molar-refractivity contribution in [2.75, 3.05) is 18.5 Å². The van der Waals surface area contributed by atoms with Gasteiger partial charge in [0, 0.05) is 18.3 Å². The van der Waals surface area contributed by atoms with E-state index in [0.717, 1.165) is 0 Å². The number of aryl methyl sites for hydroxylation is 1. The summed E-state index contributed by atoms with van der Waals surface area (Å²) in [6.45, 7) is 4.24. The Morgan fingerprint density at radius 3 is 3.00 bits per heavy atom. The molecule has 0 fully saturated rings. The molecule has 16 heavy (non-hydrogen) atoms. The van der Waals surface area contributed by atoms with Gasteiger partial charge in [-0.05, 0) is 13.8 Å². The van der Waals surface area contributed by atoms with Crippen LogP contribution < -0.4 is 10.9 Å². The Hall–Kier alpha value is -1.85. The smallest absolute Gasteiger partial charge is 0.307 e. The van der Waals surface area contributed by atoms with Gasteiger partial charge in [0.05, 0.1) is 13.0 Å². The van der Waals surface area contributed by atoms with Crippen LogP contribution in [0.1, 0.15) is 19.0 Å². The number of aromatic amines is 1. The van der Waals surface area contributed by atoms with Crippen molar-refractivity contribution in [2.24, 2.45) is 0 Å². The lowest BCUT2D eigenvalue weighted by atomic mass is 10.4. The van der Waals surface area contributed by atoms with E-state index in [1.165, 1.54) is 6.07 Å².